The van der Waals surface area contributed by atoms with Crippen LogP contribution in [0.15, 0.2) is 24.3 Å². The first kappa shape index (κ1) is 14.5. The number of hydrogen-bond acceptors (Lipinski definition) is 4. The Morgan fingerprint density at radius 1 is 1.30 bits per heavy atom. The molecule has 1 aliphatic rings. The minimum Gasteiger partial charge on any atom is -0.480 e. The van der Waals surface area contributed by atoms with E-state index in [0.717, 1.165) is 11.5 Å². The van der Waals surface area contributed by atoms with Crippen LogP contribution in [0, 0.1) is 0 Å². The van der Waals surface area contributed by atoms with E-state index in [2.05, 4.69) is 5.32 Å². The summed E-state index contributed by atoms with van der Waals surface area (Å²) in [5, 5.41) is 11.4. The van der Waals surface area contributed by atoms with Crippen LogP contribution in [0.25, 0.3) is 0 Å². The number of rotatable bonds is 4. The molecular weight excluding hydrogens is 280 g/mol. The van der Waals surface area contributed by atoms with Gasteiger partial charge in [0.1, 0.15) is 5.75 Å². The Balaban J connectivity index is 2.00. The minimum atomic E-state index is -1.06. The molecule has 108 valence electrons. The van der Waals surface area contributed by atoms with Gasteiger partial charge in [-0.3, -0.25) is 0 Å². The van der Waals surface area contributed by atoms with Crippen LogP contribution in [-0.2, 0) is 4.79 Å². The van der Waals surface area contributed by atoms with Crippen molar-refractivity contribution in [1.82, 2.24) is 4.90 Å². The fourth-order valence-electron chi connectivity index (χ4n) is 1.80. The van der Waals surface area contributed by atoms with E-state index in [4.69, 9.17) is 9.84 Å². The smallest absolute Gasteiger partial charge is 0.341 e. The molecule has 7 heteroatoms. The Morgan fingerprint density at radius 3 is 2.70 bits per heavy atom. The third-order valence-corrected chi connectivity index (χ3v) is 3.72. The number of carbonyl (C=O) groups is 2. The largest absolute Gasteiger partial charge is 0.480 e. The van der Waals surface area contributed by atoms with Crippen LogP contribution in [0.5, 0.6) is 5.75 Å². The van der Waals surface area contributed by atoms with Gasteiger partial charge in [0.2, 0.25) is 0 Å². The summed E-state index contributed by atoms with van der Waals surface area (Å²) in [4.78, 5) is 24.4. The van der Waals surface area contributed by atoms with Gasteiger partial charge in [-0.15, -0.1) is 0 Å². The average molecular weight is 296 g/mol. The van der Waals surface area contributed by atoms with E-state index in [1.165, 1.54) is 0 Å². The lowest BCUT2D eigenvalue weighted by Crippen LogP contribution is -2.40. The van der Waals surface area contributed by atoms with Crippen molar-refractivity contribution >= 4 is 29.4 Å². The Labute approximate surface area is 121 Å². The van der Waals surface area contributed by atoms with E-state index in [-0.39, 0.29) is 6.03 Å². The molecule has 20 heavy (non-hydrogen) atoms. The summed E-state index contributed by atoms with van der Waals surface area (Å²) >= 11 is 1.83. The van der Waals surface area contributed by atoms with Crippen LogP contribution in [0.2, 0.25) is 0 Å². The molecule has 0 radical (unpaired) electrons. The molecule has 1 saturated heterocycles. The highest BCUT2D eigenvalue weighted by Crippen LogP contribution is 2.24. The van der Waals surface area contributed by atoms with Gasteiger partial charge in [-0.25, -0.2) is 9.59 Å². The molecule has 2 amide bonds. The highest BCUT2D eigenvalue weighted by atomic mass is 32.2. The highest BCUT2D eigenvalue weighted by molar-refractivity contribution is 7.99. The zero-order valence-electron chi connectivity index (χ0n) is 10.9. The Bertz CT molecular complexity index is 489. The van der Waals surface area contributed by atoms with Gasteiger partial charge < -0.3 is 20.1 Å². The number of benzene rings is 1. The lowest BCUT2D eigenvalue weighted by atomic mass is 10.3. The molecule has 0 spiro atoms. The second kappa shape index (κ2) is 7.04. The number of carboxylic acids is 1. The predicted molar refractivity (Wildman–Crippen MR) is 77.5 cm³/mol. The Hall–Kier alpha value is -1.89. The number of para-hydroxylation sites is 2. The van der Waals surface area contributed by atoms with Gasteiger partial charge in [0, 0.05) is 24.6 Å². The molecule has 0 atom stereocenters. The minimum absolute atomic E-state index is 0.184. The van der Waals surface area contributed by atoms with Crippen LogP contribution < -0.4 is 10.1 Å². The third-order valence-electron chi connectivity index (χ3n) is 2.78. The maximum absolute atomic E-state index is 12.1. The number of amides is 2. The molecule has 1 aliphatic heterocycles. The van der Waals surface area contributed by atoms with Crippen molar-refractivity contribution in [3.63, 3.8) is 0 Å². The van der Waals surface area contributed by atoms with Gasteiger partial charge in [-0.1, -0.05) is 12.1 Å². The standard InChI is InChI=1S/C13H16N2O4S/c16-12(17)9-19-11-4-2-1-3-10(11)14-13(18)15-5-7-20-8-6-15/h1-4H,5-9H2,(H,14,18)(H,16,17). The number of carboxylic acid groups (broad SMARTS) is 1. The predicted octanol–water partition coefficient (Wildman–Crippen LogP) is 1.73. The van der Waals surface area contributed by atoms with Crippen molar-refractivity contribution < 1.29 is 19.4 Å². The van der Waals surface area contributed by atoms with E-state index in [1.54, 1.807) is 29.2 Å². The van der Waals surface area contributed by atoms with Crippen LogP contribution >= 0.6 is 11.8 Å². The monoisotopic (exact) mass is 296 g/mol. The molecular formula is C13H16N2O4S. The number of aliphatic carboxylic acids is 1. The Morgan fingerprint density at radius 2 is 2.00 bits per heavy atom. The molecule has 6 nitrogen and oxygen atoms in total. The van der Waals surface area contributed by atoms with E-state index in [0.29, 0.717) is 24.5 Å². The van der Waals surface area contributed by atoms with Crippen molar-refractivity contribution in [2.24, 2.45) is 0 Å². The van der Waals surface area contributed by atoms with E-state index >= 15 is 0 Å². The summed E-state index contributed by atoms with van der Waals surface area (Å²) < 4.78 is 5.15. The lowest BCUT2D eigenvalue weighted by molar-refractivity contribution is -0.139. The van der Waals surface area contributed by atoms with Crippen LogP contribution in [0.1, 0.15) is 0 Å². The highest BCUT2D eigenvalue weighted by Gasteiger charge is 2.18. The summed E-state index contributed by atoms with van der Waals surface area (Å²) in [6.07, 6.45) is 0. The van der Waals surface area contributed by atoms with Gasteiger partial charge >= 0.3 is 12.0 Å². The zero-order valence-corrected chi connectivity index (χ0v) is 11.7. The number of urea groups is 1. The zero-order chi connectivity index (χ0) is 14.4. The number of nitrogens with zero attached hydrogens (tertiary/aromatic N) is 1. The normalized spacial score (nSPS) is 14.7. The number of anilines is 1. The van der Waals surface area contributed by atoms with E-state index in [1.807, 2.05) is 11.8 Å². The molecule has 1 aromatic carbocycles. The molecule has 0 unspecified atom stereocenters. The molecule has 0 saturated carbocycles. The molecule has 0 aliphatic carbocycles. The van der Waals surface area contributed by atoms with Crippen molar-refractivity contribution in [3.8, 4) is 5.75 Å². The molecule has 2 rings (SSSR count). The molecule has 1 heterocycles. The molecule has 1 fully saturated rings. The Kier molecular flexibility index (Phi) is 5.11. The molecule has 2 N–H and O–H groups in total. The SMILES string of the molecule is O=C(O)COc1ccccc1NC(=O)N1CCSCC1. The van der Waals surface area contributed by atoms with Crippen molar-refractivity contribution in [2.75, 3.05) is 36.5 Å². The van der Waals surface area contributed by atoms with E-state index < -0.39 is 12.6 Å². The first-order valence-electron chi connectivity index (χ1n) is 6.24. The maximum atomic E-state index is 12.1. The lowest BCUT2D eigenvalue weighted by Gasteiger charge is -2.26. The van der Waals surface area contributed by atoms with E-state index in [9.17, 15) is 9.59 Å². The third kappa shape index (κ3) is 4.06. The summed E-state index contributed by atoms with van der Waals surface area (Å²) in [6.45, 7) is 0.997. The summed E-state index contributed by atoms with van der Waals surface area (Å²) in [5.41, 5.74) is 0.483. The number of thioether (sulfide) groups is 1. The first-order chi connectivity index (χ1) is 9.66. The summed E-state index contributed by atoms with van der Waals surface area (Å²) in [6, 6.07) is 6.62. The van der Waals surface area contributed by atoms with Gasteiger partial charge in [-0.05, 0) is 12.1 Å². The number of nitrogens with one attached hydrogen (secondary N) is 1. The number of ether oxygens (including phenoxy) is 1. The van der Waals surface area contributed by atoms with Crippen LogP contribution in [-0.4, -0.2) is 53.2 Å². The number of hydrogen-bond donors (Lipinski definition) is 2. The molecule has 1 aromatic rings. The van der Waals surface area contributed by atoms with Gasteiger partial charge in [0.25, 0.3) is 0 Å². The van der Waals surface area contributed by atoms with Gasteiger partial charge in [0.05, 0.1) is 5.69 Å². The maximum Gasteiger partial charge on any atom is 0.341 e. The van der Waals surface area contributed by atoms with Crippen molar-refractivity contribution in [2.45, 2.75) is 0 Å². The summed E-state index contributed by atoms with van der Waals surface area (Å²) in [7, 11) is 0. The quantitative estimate of drug-likeness (QED) is 0.884. The molecule has 0 aromatic heterocycles. The first-order valence-corrected chi connectivity index (χ1v) is 7.39. The number of carbonyl (C=O) groups excluding carboxylic acids is 1. The fraction of sp³-hybridized carbons (Fsp3) is 0.385. The average Bonchev–Trinajstić information content (AvgIpc) is 2.47. The van der Waals surface area contributed by atoms with Crippen LogP contribution in [0.4, 0.5) is 10.5 Å². The van der Waals surface area contributed by atoms with Gasteiger partial charge in [0.15, 0.2) is 6.61 Å². The fourth-order valence-corrected chi connectivity index (χ4v) is 2.70. The van der Waals surface area contributed by atoms with Crippen molar-refractivity contribution in [3.05, 3.63) is 24.3 Å². The topological polar surface area (TPSA) is 78.9 Å². The molecule has 0 bridgehead atoms. The second-order valence-electron chi connectivity index (χ2n) is 4.21. The summed E-state index contributed by atoms with van der Waals surface area (Å²) in [5.74, 6) is 1.17. The second-order valence-corrected chi connectivity index (χ2v) is 5.43. The van der Waals surface area contributed by atoms with Crippen LogP contribution in [0.3, 0.4) is 0 Å². The van der Waals surface area contributed by atoms with Gasteiger partial charge in [-0.2, -0.15) is 11.8 Å². The van der Waals surface area contributed by atoms with Crippen molar-refractivity contribution in [1.29, 1.82) is 0 Å².